The average molecular weight is 286 g/mol. The van der Waals surface area contributed by atoms with E-state index in [-0.39, 0.29) is 17.0 Å². The van der Waals surface area contributed by atoms with Gasteiger partial charge in [-0.25, -0.2) is 4.79 Å². The van der Waals surface area contributed by atoms with Crippen LogP contribution in [-0.2, 0) is 0 Å². The van der Waals surface area contributed by atoms with Gasteiger partial charge in [-0.1, -0.05) is 12.1 Å². The van der Waals surface area contributed by atoms with Crippen LogP contribution in [0.5, 0.6) is 0 Å². The van der Waals surface area contributed by atoms with Gasteiger partial charge in [-0.15, -0.1) is 0 Å². The van der Waals surface area contributed by atoms with Gasteiger partial charge in [0.05, 0.1) is 5.56 Å². The second-order valence-corrected chi connectivity index (χ2v) is 4.38. The number of amides is 1. The van der Waals surface area contributed by atoms with Gasteiger partial charge in [-0.3, -0.25) is 9.59 Å². The summed E-state index contributed by atoms with van der Waals surface area (Å²) in [7, 11) is 0. The number of hydrogen-bond acceptors (Lipinski definition) is 3. The van der Waals surface area contributed by atoms with Gasteiger partial charge in [0.15, 0.2) is 0 Å². The Morgan fingerprint density at radius 1 is 1.24 bits per heavy atom. The van der Waals surface area contributed by atoms with Crippen molar-refractivity contribution in [1.29, 1.82) is 0 Å². The molecule has 2 aromatic rings. The minimum Gasteiger partial charge on any atom is -0.478 e. The van der Waals surface area contributed by atoms with Gasteiger partial charge in [0, 0.05) is 23.9 Å². The summed E-state index contributed by atoms with van der Waals surface area (Å²) in [5, 5.41) is 11.6. The van der Waals surface area contributed by atoms with Crippen LogP contribution in [0.15, 0.2) is 41.3 Å². The second-order valence-electron chi connectivity index (χ2n) is 4.38. The molecule has 0 bridgehead atoms. The third-order valence-corrected chi connectivity index (χ3v) is 2.92. The van der Waals surface area contributed by atoms with Gasteiger partial charge < -0.3 is 15.4 Å². The standard InChI is InChI=1S/C15H14N2O4/c1-2-16-13(18)10-5-3-4-9(6-10)12-7-11(15(20)21)8-17-14(12)19/h3-8H,2H2,1H3,(H,16,18)(H,17,19)(H,20,21). The molecule has 0 atom stereocenters. The number of H-pyrrole nitrogens is 1. The first-order valence-corrected chi connectivity index (χ1v) is 6.37. The van der Waals surface area contributed by atoms with Gasteiger partial charge in [-0.2, -0.15) is 0 Å². The first-order chi connectivity index (χ1) is 10.0. The molecule has 0 aliphatic carbocycles. The summed E-state index contributed by atoms with van der Waals surface area (Å²) in [5.74, 6) is -1.38. The van der Waals surface area contributed by atoms with E-state index in [9.17, 15) is 14.4 Å². The highest BCUT2D eigenvalue weighted by molar-refractivity contribution is 5.95. The van der Waals surface area contributed by atoms with E-state index in [1.807, 2.05) is 6.92 Å². The van der Waals surface area contributed by atoms with E-state index < -0.39 is 11.5 Å². The molecule has 0 saturated heterocycles. The van der Waals surface area contributed by atoms with Crippen LogP contribution in [0, 0.1) is 0 Å². The Kier molecular flexibility index (Phi) is 4.18. The summed E-state index contributed by atoms with van der Waals surface area (Å²) in [6.45, 7) is 2.31. The van der Waals surface area contributed by atoms with Gasteiger partial charge >= 0.3 is 5.97 Å². The minimum atomic E-state index is -1.13. The molecule has 0 aliphatic rings. The molecular weight excluding hydrogens is 272 g/mol. The quantitative estimate of drug-likeness (QED) is 0.792. The molecule has 0 saturated carbocycles. The molecule has 0 aliphatic heterocycles. The van der Waals surface area contributed by atoms with Gasteiger partial charge in [0.25, 0.3) is 11.5 Å². The van der Waals surface area contributed by atoms with Crippen molar-refractivity contribution in [3.63, 3.8) is 0 Å². The number of aromatic carboxylic acids is 1. The van der Waals surface area contributed by atoms with Crippen LogP contribution in [-0.4, -0.2) is 28.5 Å². The fourth-order valence-corrected chi connectivity index (χ4v) is 1.91. The number of hydrogen-bond donors (Lipinski definition) is 3. The molecule has 3 N–H and O–H groups in total. The van der Waals surface area contributed by atoms with Gasteiger partial charge in [0.2, 0.25) is 0 Å². The first-order valence-electron chi connectivity index (χ1n) is 6.37. The molecule has 21 heavy (non-hydrogen) atoms. The lowest BCUT2D eigenvalue weighted by Gasteiger charge is -2.06. The predicted octanol–water partition coefficient (Wildman–Crippen LogP) is 1.49. The second kappa shape index (κ2) is 6.04. The number of nitrogens with one attached hydrogen (secondary N) is 2. The van der Waals surface area contributed by atoms with E-state index in [4.69, 9.17) is 5.11 Å². The third kappa shape index (κ3) is 3.17. The number of aromatic amines is 1. The number of carboxylic acid groups (broad SMARTS) is 1. The van der Waals surface area contributed by atoms with Crippen LogP contribution in [0.3, 0.4) is 0 Å². The number of carbonyl (C=O) groups excluding carboxylic acids is 1. The highest BCUT2D eigenvalue weighted by atomic mass is 16.4. The highest BCUT2D eigenvalue weighted by Crippen LogP contribution is 2.18. The molecule has 6 nitrogen and oxygen atoms in total. The van der Waals surface area contributed by atoms with Crippen molar-refractivity contribution in [2.24, 2.45) is 0 Å². The van der Waals surface area contributed by atoms with E-state index in [1.54, 1.807) is 24.3 Å². The molecule has 2 rings (SSSR count). The lowest BCUT2D eigenvalue weighted by Crippen LogP contribution is -2.22. The largest absolute Gasteiger partial charge is 0.478 e. The molecule has 108 valence electrons. The molecule has 1 amide bonds. The Labute approximate surface area is 120 Å². The van der Waals surface area contributed by atoms with Crippen LogP contribution in [0.25, 0.3) is 11.1 Å². The van der Waals surface area contributed by atoms with Gasteiger partial charge in [0.1, 0.15) is 0 Å². The summed E-state index contributed by atoms with van der Waals surface area (Å²) in [6, 6.07) is 7.77. The van der Waals surface area contributed by atoms with Crippen molar-refractivity contribution in [3.05, 3.63) is 58.0 Å². The van der Waals surface area contributed by atoms with Gasteiger partial charge in [-0.05, 0) is 30.7 Å². The Bertz CT molecular complexity index is 749. The summed E-state index contributed by atoms with van der Waals surface area (Å²) >= 11 is 0. The highest BCUT2D eigenvalue weighted by Gasteiger charge is 2.11. The summed E-state index contributed by atoms with van der Waals surface area (Å²) in [6.07, 6.45) is 1.14. The Morgan fingerprint density at radius 3 is 2.67 bits per heavy atom. The van der Waals surface area contributed by atoms with Crippen LogP contribution < -0.4 is 10.9 Å². The minimum absolute atomic E-state index is 0.0204. The maximum absolute atomic E-state index is 11.9. The molecule has 0 fully saturated rings. The Morgan fingerprint density at radius 2 is 2.00 bits per heavy atom. The van der Waals surface area contributed by atoms with E-state index in [0.29, 0.717) is 17.7 Å². The van der Waals surface area contributed by atoms with E-state index in [1.165, 1.54) is 6.07 Å². The summed E-state index contributed by atoms with van der Waals surface area (Å²) < 4.78 is 0. The number of pyridine rings is 1. The molecule has 0 spiro atoms. The maximum atomic E-state index is 11.9. The van der Waals surface area contributed by atoms with E-state index in [2.05, 4.69) is 10.3 Å². The smallest absolute Gasteiger partial charge is 0.337 e. The summed E-state index contributed by atoms with van der Waals surface area (Å²) in [5.41, 5.74) is 0.680. The van der Waals surface area contributed by atoms with Crippen molar-refractivity contribution in [2.75, 3.05) is 6.54 Å². The number of carbonyl (C=O) groups is 2. The van der Waals surface area contributed by atoms with Crippen molar-refractivity contribution >= 4 is 11.9 Å². The van der Waals surface area contributed by atoms with E-state index in [0.717, 1.165) is 6.20 Å². The van der Waals surface area contributed by atoms with Crippen molar-refractivity contribution in [3.8, 4) is 11.1 Å². The molecule has 1 heterocycles. The zero-order chi connectivity index (χ0) is 15.4. The van der Waals surface area contributed by atoms with E-state index >= 15 is 0 Å². The fourth-order valence-electron chi connectivity index (χ4n) is 1.91. The van der Waals surface area contributed by atoms with Crippen molar-refractivity contribution in [1.82, 2.24) is 10.3 Å². The number of carboxylic acids is 1. The number of rotatable bonds is 4. The average Bonchev–Trinajstić information content (AvgIpc) is 2.48. The zero-order valence-corrected chi connectivity index (χ0v) is 11.3. The Hall–Kier alpha value is -2.89. The Balaban J connectivity index is 2.49. The predicted molar refractivity (Wildman–Crippen MR) is 77.5 cm³/mol. The number of aromatic nitrogens is 1. The zero-order valence-electron chi connectivity index (χ0n) is 11.3. The maximum Gasteiger partial charge on any atom is 0.337 e. The third-order valence-electron chi connectivity index (χ3n) is 2.92. The monoisotopic (exact) mass is 286 g/mol. The van der Waals surface area contributed by atoms with Crippen LogP contribution in [0.2, 0.25) is 0 Å². The topological polar surface area (TPSA) is 99.3 Å². The van der Waals surface area contributed by atoms with Crippen molar-refractivity contribution < 1.29 is 14.7 Å². The fraction of sp³-hybridized carbons (Fsp3) is 0.133. The lowest BCUT2D eigenvalue weighted by atomic mass is 10.0. The molecule has 1 aromatic carbocycles. The van der Waals surface area contributed by atoms with Crippen LogP contribution in [0.4, 0.5) is 0 Å². The molecular formula is C15H14N2O4. The normalized spacial score (nSPS) is 10.1. The SMILES string of the molecule is CCNC(=O)c1cccc(-c2cc(C(=O)O)c[nH]c2=O)c1. The van der Waals surface area contributed by atoms with Crippen molar-refractivity contribution in [2.45, 2.75) is 6.92 Å². The van der Waals surface area contributed by atoms with Crippen LogP contribution in [0.1, 0.15) is 27.6 Å². The number of benzene rings is 1. The molecule has 0 radical (unpaired) electrons. The van der Waals surface area contributed by atoms with Crippen LogP contribution >= 0.6 is 0 Å². The lowest BCUT2D eigenvalue weighted by molar-refractivity contribution is 0.0696. The molecule has 0 unspecified atom stereocenters. The molecule has 6 heteroatoms. The summed E-state index contributed by atoms with van der Waals surface area (Å²) in [4.78, 5) is 37.0. The molecule has 1 aromatic heterocycles. The first kappa shape index (κ1) is 14.5.